The molecule has 0 radical (unpaired) electrons. The largest absolute Gasteiger partial charge is 0.385 e. The third-order valence-corrected chi connectivity index (χ3v) is 6.05. The summed E-state index contributed by atoms with van der Waals surface area (Å²) in [4.78, 5) is 25.2. The number of carbonyl (C=O) groups is 1. The summed E-state index contributed by atoms with van der Waals surface area (Å²) < 4.78 is 5.58. The zero-order valence-electron chi connectivity index (χ0n) is 17.0. The molecule has 2 heterocycles. The van der Waals surface area contributed by atoms with E-state index in [0.717, 1.165) is 44.8 Å². The standard InChI is InChI=1S/C21H32N4O4/c26-20(5-4-12-22-18-6-8-19(9-7-18)25(27)28)23-17-21(10-15-29-16-11-21)24-13-2-1-3-14-24/h6-9,22H,1-5,10-17H2,(H,23,26). The molecule has 2 aliphatic heterocycles. The van der Waals surface area contributed by atoms with E-state index in [0.29, 0.717) is 25.9 Å². The maximum atomic E-state index is 12.4. The summed E-state index contributed by atoms with van der Waals surface area (Å²) in [6.45, 7) is 5.13. The summed E-state index contributed by atoms with van der Waals surface area (Å²) in [5.74, 6) is 0.0818. The molecule has 2 N–H and O–H groups in total. The van der Waals surface area contributed by atoms with Crippen molar-refractivity contribution in [2.45, 2.75) is 50.5 Å². The molecule has 2 fully saturated rings. The van der Waals surface area contributed by atoms with Crippen molar-refractivity contribution in [3.8, 4) is 0 Å². The molecule has 3 rings (SSSR count). The Hall–Kier alpha value is -2.19. The molecule has 8 heteroatoms. The van der Waals surface area contributed by atoms with Crippen LogP contribution < -0.4 is 10.6 Å². The van der Waals surface area contributed by atoms with Gasteiger partial charge in [0, 0.05) is 56.1 Å². The van der Waals surface area contributed by atoms with Gasteiger partial charge in [0.25, 0.3) is 5.69 Å². The fourth-order valence-corrected chi connectivity index (χ4v) is 4.26. The first kappa shape index (κ1) is 21.5. The van der Waals surface area contributed by atoms with E-state index in [1.54, 1.807) is 12.1 Å². The zero-order chi connectivity index (χ0) is 20.5. The number of nitrogens with one attached hydrogen (secondary N) is 2. The molecule has 29 heavy (non-hydrogen) atoms. The maximum Gasteiger partial charge on any atom is 0.269 e. The van der Waals surface area contributed by atoms with Crippen molar-refractivity contribution in [1.29, 1.82) is 0 Å². The Morgan fingerprint density at radius 2 is 1.83 bits per heavy atom. The Labute approximate surface area is 172 Å². The van der Waals surface area contributed by atoms with Crippen LogP contribution in [0.4, 0.5) is 11.4 Å². The predicted molar refractivity (Wildman–Crippen MR) is 112 cm³/mol. The minimum Gasteiger partial charge on any atom is -0.385 e. The first-order chi connectivity index (χ1) is 14.1. The first-order valence-corrected chi connectivity index (χ1v) is 10.7. The number of piperidine rings is 1. The number of nitrogens with zero attached hydrogens (tertiary/aromatic N) is 2. The molecular weight excluding hydrogens is 372 g/mol. The summed E-state index contributed by atoms with van der Waals surface area (Å²) in [7, 11) is 0. The van der Waals surface area contributed by atoms with Gasteiger partial charge in [0.05, 0.1) is 4.92 Å². The number of hydrogen-bond acceptors (Lipinski definition) is 6. The number of rotatable bonds is 9. The monoisotopic (exact) mass is 404 g/mol. The molecule has 8 nitrogen and oxygen atoms in total. The number of hydrogen-bond donors (Lipinski definition) is 2. The Balaban J connectivity index is 1.39. The highest BCUT2D eigenvalue weighted by molar-refractivity contribution is 5.76. The van der Waals surface area contributed by atoms with Crippen LogP contribution in [0.2, 0.25) is 0 Å². The number of nitro groups is 1. The fraction of sp³-hybridized carbons (Fsp3) is 0.667. The normalized spacial score (nSPS) is 19.4. The molecule has 0 aliphatic carbocycles. The van der Waals surface area contributed by atoms with E-state index < -0.39 is 4.92 Å². The maximum absolute atomic E-state index is 12.4. The molecule has 0 saturated carbocycles. The second kappa shape index (κ2) is 10.5. The van der Waals surface area contributed by atoms with Crippen molar-refractivity contribution in [3.05, 3.63) is 34.4 Å². The fourth-order valence-electron chi connectivity index (χ4n) is 4.26. The van der Waals surface area contributed by atoms with Crippen LogP contribution in [0.5, 0.6) is 0 Å². The lowest BCUT2D eigenvalue weighted by atomic mass is 9.86. The van der Waals surface area contributed by atoms with E-state index in [2.05, 4.69) is 15.5 Å². The quantitative estimate of drug-likeness (QED) is 0.373. The Morgan fingerprint density at radius 1 is 1.14 bits per heavy atom. The van der Waals surface area contributed by atoms with Crippen LogP contribution in [0.3, 0.4) is 0 Å². The van der Waals surface area contributed by atoms with Crippen LogP contribution in [0.25, 0.3) is 0 Å². The number of nitro benzene ring substituents is 1. The molecule has 2 saturated heterocycles. The highest BCUT2D eigenvalue weighted by Gasteiger charge is 2.39. The molecular formula is C21H32N4O4. The van der Waals surface area contributed by atoms with Gasteiger partial charge in [-0.1, -0.05) is 6.42 Å². The van der Waals surface area contributed by atoms with Crippen LogP contribution in [0.15, 0.2) is 24.3 Å². The minimum absolute atomic E-state index is 0.0470. The van der Waals surface area contributed by atoms with Gasteiger partial charge in [0.15, 0.2) is 0 Å². The topological polar surface area (TPSA) is 96.7 Å². The minimum atomic E-state index is -0.413. The second-order valence-corrected chi connectivity index (χ2v) is 8.00. The van der Waals surface area contributed by atoms with E-state index in [9.17, 15) is 14.9 Å². The molecule has 0 aromatic heterocycles. The van der Waals surface area contributed by atoms with Gasteiger partial charge in [-0.15, -0.1) is 0 Å². The average Bonchev–Trinajstić information content (AvgIpc) is 2.77. The third-order valence-electron chi connectivity index (χ3n) is 6.05. The number of carbonyl (C=O) groups excluding carboxylic acids is 1. The van der Waals surface area contributed by atoms with Gasteiger partial charge in [0.1, 0.15) is 0 Å². The number of amides is 1. The van der Waals surface area contributed by atoms with Crippen molar-refractivity contribution >= 4 is 17.3 Å². The third kappa shape index (κ3) is 6.14. The molecule has 1 amide bonds. The van der Waals surface area contributed by atoms with Gasteiger partial charge in [-0.05, 0) is 57.3 Å². The van der Waals surface area contributed by atoms with Gasteiger partial charge in [0.2, 0.25) is 5.91 Å². The highest BCUT2D eigenvalue weighted by atomic mass is 16.6. The van der Waals surface area contributed by atoms with Gasteiger partial charge in [-0.25, -0.2) is 0 Å². The molecule has 0 spiro atoms. The Kier molecular flexibility index (Phi) is 7.83. The summed E-state index contributed by atoms with van der Waals surface area (Å²) >= 11 is 0. The van der Waals surface area contributed by atoms with E-state index in [4.69, 9.17) is 4.74 Å². The van der Waals surface area contributed by atoms with Gasteiger partial charge >= 0.3 is 0 Å². The lowest BCUT2D eigenvalue weighted by Gasteiger charge is -2.48. The van der Waals surface area contributed by atoms with Crippen LogP contribution in [0, 0.1) is 10.1 Å². The van der Waals surface area contributed by atoms with Crippen LogP contribution >= 0.6 is 0 Å². The smallest absolute Gasteiger partial charge is 0.269 e. The molecule has 0 atom stereocenters. The summed E-state index contributed by atoms with van der Waals surface area (Å²) in [6.07, 6.45) is 6.92. The van der Waals surface area contributed by atoms with Crippen molar-refractivity contribution in [1.82, 2.24) is 10.2 Å². The van der Waals surface area contributed by atoms with Crippen molar-refractivity contribution < 1.29 is 14.5 Å². The van der Waals surface area contributed by atoms with E-state index in [-0.39, 0.29) is 17.1 Å². The molecule has 0 bridgehead atoms. The van der Waals surface area contributed by atoms with Gasteiger partial charge in [-0.3, -0.25) is 19.8 Å². The second-order valence-electron chi connectivity index (χ2n) is 8.00. The van der Waals surface area contributed by atoms with E-state index in [1.807, 2.05) is 0 Å². The SMILES string of the molecule is O=C(CCCNc1ccc([N+](=O)[O-])cc1)NCC1(N2CCCCC2)CCOCC1. The number of anilines is 1. The zero-order valence-corrected chi connectivity index (χ0v) is 17.0. The van der Waals surface area contributed by atoms with E-state index >= 15 is 0 Å². The molecule has 160 valence electrons. The summed E-state index contributed by atoms with van der Waals surface area (Å²) in [5, 5.41) is 17.1. The number of non-ortho nitro benzene ring substituents is 1. The number of likely N-dealkylation sites (tertiary alicyclic amines) is 1. The number of benzene rings is 1. The average molecular weight is 405 g/mol. The molecule has 1 aromatic carbocycles. The van der Waals surface area contributed by atoms with Gasteiger partial charge < -0.3 is 15.4 Å². The molecule has 1 aromatic rings. The van der Waals surface area contributed by atoms with Gasteiger partial charge in [-0.2, -0.15) is 0 Å². The van der Waals surface area contributed by atoms with Crippen molar-refractivity contribution in [3.63, 3.8) is 0 Å². The Morgan fingerprint density at radius 3 is 2.48 bits per heavy atom. The molecule has 2 aliphatic rings. The first-order valence-electron chi connectivity index (χ1n) is 10.7. The van der Waals surface area contributed by atoms with Crippen molar-refractivity contribution in [2.75, 3.05) is 44.7 Å². The number of ether oxygens (including phenoxy) is 1. The Bertz CT molecular complexity index is 668. The van der Waals surface area contributed by atoms with Crippen LogP contribution in [0.1, 0.15) is 44.9 Å². The van der Waals surface area contributed by atoms with Crippen LogP contribution in [-0.2, 0) is 9.53 Å². The predicted octanol–water partition coefficient (Wildman–Crippen LogP) is 2.94. The summed E-state index contributed by atoms with van der Waals surface area (Å²) in [6, 6.07) is 6.32. The lowest BCUT2D eigenvalue weighted by Crippen LogP contribution is -2.59. The van der Waals surface area contributed by atoms with Crippen LogP contribution in [-0.4, -0.2) is 60.7 Å². The van der Waals surface area contributed by atoms with E-state index in [1.165, 1.54) is 31.4 Å². The lowest BCUT2D eigenvalue weighted by molar-refractivity contribution is -0.384. The molecule has 0 unspecified atom stereocenters. The highest BCUT2D eigenvalue weighted by Crippen LogP contribution is 2.30. The summed E-state index contributed by atoms with van der Waals surface area (Å²) in [5.41, 5.74) is 0.943. The van der Waals surface area contributed by atoms with Crippen molar-refractivity contribution in [2.24, 2.45) is 0 Å².